The quantitative estimate of drug-likeness (QED) is 0.727. The summed E-state index contributed by atoms with van der Waals surface area (Å²) in [6.45, 7) is 6.79. The summed E-state index contributed by atoms with van der Waals surface area (Å²) in [5, 5.41) is 7.22. The molecule has 0 atom stereocenters. The summed E-state index contributed by atoms with van der Waals surface area (Å²) in [7, 11) is 0. The van der Waals surface area contributed by atoms with Crippen molar-refractivity contribution in [2.24, 2.45) is 0 Å². The summed E-state index contributed by atoms with van der Waals surface area (Å²) >= 11 is 0. The molecular formula is C22H26N6O. The number of carbonyl (C=O) groups is 1. The Morgan fingerprint density at radius 3 is 2.66 bits per heavy atom. The molecule has 0 saturated carbocycles. The lowest BCUT2D eigenvalue weighted by molar-refractivity contribution is 0.135. The van der Waals surface area contributed by atoms with Crippen LogP contribution in [0.3, 0.4) is 0 Å². The Balaban J connectivity index is 1.25. The predicted molar refractivity (Wildman–Crippen MR) is 112 cm³/mol. The van der Waals surface area contributed by atoms with Crippen LogP contribution in [0, 0.1) is 6.92 Å². The smallest absolute Gasteiger partial charge is 0.317 e. The highest BCUT2D eigenvalue weighted by molar-refractivity contribution is 5.74. The zero-order valence-corrected chi connectivity index (χ0v) is 16.7. The van der Waals surface area contributed by atoms with Crippen molar-refractivity contribution in [1.82, 2.24) is 29.9 Å². The van der Waals surface area contributed by atoms with Gasteiger partial charge in [0.25, 0.3) is 0 Å². The molecule has 1 fully saturated rings. The number of amides is 2. The van der Waals surface area contributed by atoms with E-state index in [9.17, 15) is 4.79 Å². The third kappa shape index (κ3) is 5.00. The van der Waals surface area contributed by atoms with Crippen LogP contribution in [-0.2, 0) is 13.1 Å². The van der Waals surface area contributed by atoms with Crippen molar-refractivity contribution in [2.45, 2.75) is 20.0 Å². The van der Waals surface area contributed by atoms with Crippen LogP contribution in [0.5, 0.6) is 0 Å². The van der Waals surface area contributed by atoms with E-state index >= 15 is 0 Å². The molecule has 1 aromatic carbocycles. The molecule has 0 radical (unpaired) electrons. The zero-order valence-electron chi connectivity index (χ0n) is 16.7. The maximum absolute atomic E-state index is 12.6. The second-order valence-corrected chi connectivity index (χ2v) is 7.38. The van der Waals surface area contributed by atoms with Crippen molar-refractivity contribution in [2.75, 3.05) is 26.2 Å². The minimum absolute atomic E-state index is 0.0161. The lowest BCUT2D eigenvalue weighted by Gasteiger charge is -2.34. The van der Waals surface area contributed by atoms with Gasteiger partial charge in [0.1, 0.15) is 0 Å². The molecule has 1 N–H and O–H groups in total. The van der Waals surface area contributed by atoms with E-state index in [-0.39, 0.29) is 6.03 Å². The number of rotatable bonds is 5. The first-order valence-electron chi connectivity index (χ1n) is 9.93. The van der Waals surface area contributed by atoms with Gasteiger partial charge >= 0.3 is 6.03 Å². The van der Waals surface area contributed by atoms with Crippen molar-refractivity contribution in [1.29, 1.82) is 0 Å². The van der Waals surface area contributed by atoms with E-state index < -0.39 is 0 Å². The summed E-state index contributed by atoms with van der Waals surface area (Å²) in [6.07, 6.45) is 5.30. The molecular weight excluding hydrogens is 364 g/mol. The molecule has 1 aliphatic heterocycles. The van der Waals surface area contributed by atoms with Gasteiger partial charge < -0.3 is 10.2 Å². The monoisotopic (exact) mass is 390 g/mol. The Bertz CT molecular complexity index is 947. The molecule has 4 rings (SSSR count). The van der Waals surface area contributed by atoms with Gasteiger partial charge in [-0.15, -0.1) is 0 Å². The molecule has 2 amide bonds. The topological polar surface area (TPSA) is 66.3 Å². The van der Waals surface area contributed by atoms with Crippen LogP contribution in [0.1, 0.15) is 16.7 Å². The molecule has 0 unspecified atom stereocenters. The number of benzene rings is 1. The SMILES string of the molecule is Cc1cccc(CN2CCN(C(=O)NCc3ccnc(-n4cccn4)c3)CC2)c1. The molecule has 2 aromatic heterocycles. The predicted octanol–water partition coefficient (Wildman–Crippen LogP) is 2.60. The summed E-state index contributed by atoms with van der Waals surface area (Å²) in [6, 6.07) is 14.3. The van der Waals surface area contributed by atoms with E-state index in [1.807, 2.05) is 29.3 Å². The molecule has 7 nitrogen and oxygen atoms in total. The van der Waals surface area contributed by atoms with E-state index in [1.54, 1.807) is 17.1 Å². The molecule has 0 spiro atoms. The first-order valence-corrected chi connectivity index (χ1v) is 9.93. The van der Waals surface area contributed by atoms with Crippen LogP contribution >= 0.6 is 0 Å². The molecule has 3 heterocycles. The Hall–Kier alpha value is -3.19. The van der Waals surface area contributed by atoms with Gasteiger partial charge in [-0.25, -0.2) is 14.5 Å². The van der Waals surface area contributed by atoms with Crippen LogP contribution in [-0.4, -0.2) is 56.8 Å². The van der Waals surface area contributed by atoms with E-state index in [0.29, 0.717) is 6.54 Å². The van der Waals surface area contributed by atoms with Crippen LogP contribution in [0.4, 0.5) is 4.79 Å². The number of piperazine rings is 1. The fourth-order valence-corrected chi connectivity index (χ4v) is 3.57. The molecule has 0 aliphatic carbocycles. The number of aromatic nitrogens is 3. The molecule has 7 heteroatoms. The summed E-state index contributed by atoms with van der Waals surface area (Å²) in [4.78, 5) is 21.2. The summed E-state index contributed by atoms with van der Waals surface area (Å²) < 4.78 is 1.71. The molecule has 0 bridgehead atoms. The number of hydrogen-bond donors (Lipinski definition) is 1. The number of carbonyl (C=O) groups excluding carboxylic acids is 1. The Morgan fingerprint density at radius 2 is 1.90 bits per heavy atom. The van der Waals surface area contributed by atoms with Crippen molar-refractivity contribution in [3.8, 4) is 5.82 Å². The summed E-state index contributed by atoms with van der Waals surface area (Å²) in [5.74, 6) is 0.742. The largest absolute Gasteiger partial charge is 0.334 e. The minimum Gasteiger partial charge on any atom is -0.334 e. The molecule has 3 aromatic rings. The average molecular weight is 390 g/mol. The highest BCUT2D eigenvalue weighted by Crippen LogP contribution is 2.11. The van der Waals surface area contributed by atoms with Crippen LogP contribution < -0.4 is 5.32 Å². The standard InChI is InChI=1S/C22H26N6O/c1-18-4-2-5-20(14-18)17-26-10-12-27(13-11-26)22(29)24-16-19-6-8-23-21(15-19)28-9-3-7-25-28/h2-9,14-15H,10-13,16-17H2,1H3,(H,24,29). The van der Waals surface area contributed by atoms with E-state index in [4.69, 9.17) is 0 Å². The molecule has 1 saturated heterocycles. The molecule has 29 heavy (non-hydrogen) atoms. The van der Waals surface area contributed by atoms with Gasteiger partial charge in [-0.3, -0.25) is 4.90 Å². The molecule has 150 valence electrons. The van der Waals surface area contributed by atoms with Gasteiger partial charge in [0.15, 0.2) is 5.82 Å². The van der Waals surface area contributed by atoms with Gasteiger partial charge in [-0.2, -0.15) is 5.10 Å². The van der Waals surface area contributed by atoms with Gasteiger partial charge in [0.2, 0.25) is 0 Å². The third-order valence-corrected chi connectivity index (χ3v) is 5.14. The minimum atomic E-state index is -0.0161. The number of aryl methyl sites for hydroxylation is 1. The number of nitrogens with zero attached hydrogens (tertiary/aromatic N) is 5. The lowest BCUT2D eigenvalue weighted by atomic mass is 10.1. The second kappa shape index (κ2) is 8.87. The van der Waals surface area contributed by atoms with Crippen molar-refractivity contribution in [3.05, 3.63) is 77.7 Å². The van der Waals surface area contributed by atoms with Gasteiger partial charge in [0.05, 0.1) is 0 Å². The van der Waals surface area contributed by atoms with Crippen molar-refractivity contribution < 1.29 is 4.79 Å². The second-order valence-electron chi connectivity index (χ2n) is 7.38. The van der Waals surface area contributed by atoms with Gasteiger partial charge in [-0.1, -0.05) is 29.8 Å². The third-order valence-electron chi connectivity index (χ3n) is 5.14. The Labute approximate surface area is 171 Å². The molecule has 1 aliphatic rings. The fourth-order valence-electron chi connectivity index (χ4n) is 3.57. The van der Waals surface area contributed by atoms with Crippen molar-refractivity contribution >= 4 is 6.03 Å². The zero-order chi connectivity index (χ0) is 20.1. The fraction of sp³-hybridized carbons (Fsp3) is 0.318. The normalized spacial score (nSPS) is 14.7. The maximum Gasteiger partial charge on any atom is 0.317 e. The Morgan fingerprint density at radius 1 is 1.03 bits per heavy atom. The first kappa shape index (κ1) is 19.1. The highest BCUT2D eigenvalue weighted by Gasteiger charge is 2.21. The van der Waals surface area contributed by atoms with Crippen LogP contribution in [0.25, 0.3) is 5.82 Å². The average Bonchev–Trinajstić information content (AvgIpc) is 3.28. The van der Waals surface area contributed by atoms with Gasteiger partial charge in [0, 0.05) is 57.9 Å². The number of pyridine rings is 1. The first-order chi connectivity index (χ1) is 14.2. The number of nitrogens with one attached hydrogen (secondary N) is 1. The van der Waals surface area contributed by atoms with E-state index in [0.717, 1.165) is 44.1 Å². The number of urea groups is 1. The lowest BCUT2D eigenvalue weighted by Crippen LogP contribution is -2.51. The van der Waals surface area contributed by atoms with E-state index in [2.05, 4.69) is 51.5 Å². The highest BCUT2D eigenvalue weighted by atomic mass is 16.2. The van der Waals surface area contributed by atoms with Crippen molar-refractivity contribution in [3.63, 3.8) is 0 Å². The van der Waals surface area contributed by atoms with Crippen LogP contribution in [0.15, 0.2) is 61.1 Å². The van der Waals surface area contributed by atoms with Gasteiger partial charge in [-0.05, 0) is 36.2 Å². The Kier molecular flexibility index (Phi) is 5.86. The van der Waals surface area contributed by atoms with E-state index in [1.165, 1.54) is 11.1 Å². The maximum atomic E-state index is 12.6. The van der Waals surface area contributed by atoms with Crippen LogP contribution in [0.2, 0.25) is 0 Å². The summed E-state index contributed by atoms with van der Waals surface area (Å²) in [5.41, 5.74) is 3.61. The number of hydrogen-bond acceptors (Lipinski definition) is 4.